The molecule has 0 atom stereocenters. The maximum absolute atomic E-state index is 13.6. The first-order valence-corrected chi connectivity index (χ1v) is 30.9. The highest BCUT2D eigenvalue weighted by Gasteiger charge is 2.23. The number of benzene rings is 4. The van der Waals surface area contributed by atoms with Gasteiger partial charge in [-0.1, -0.05) is 67.0 Å². The van der Waals surface area contributed by atoms with Gasteiger partial charge in [-0.3, -0.25) is 42.7 Å². The fraction of sp³-hybridized carbons (Fsp3) is 0.369. The van der Waals surface area contributed by atoms with Gasteiger partial charge < -0.3 is 45.9 Å². The summed E-state index contributed by atoms with van der Waals surface area (Å²) in [5, 5.41) is 27.3. The predicted octanol–water partition coefficient (Wildman–Crippen LogP) is 13.8. The zero-order chi connectivity index (χ0) is 68.0. The molecule has 8 aromatic rings. The molecule has 500 valence electrons. The molecule has 4 aromatic heterocycles. The van der Waals surface area contributed by atoms with Crippen LogP contribution in [0.4, 0.5) is 44.7 Å². The number of carbonyl (C=O) groups is 5. The summed E-state index contributed by atoms with van der Waals surface area (Å²) < 4.78 is 94.8. The molecule has 0 radical (unpaired) electrons. The van der Waals surface area contributed by atoms with Crippen molar-refractivity contribution in [3.05, 3.63) is 166 Å². The molecule has 28 heteroatoms. The van der Waals surface area contributed by atoms with Gasteiger partial charge in [-0.05, 0) is 118 Å². The fourth-order valence-electron chi connectivity index (χ4n) is 8.08. The lowest BCUT2D eigenvalue weighted by atomic mass is 10.2. The second kappa shape index (κ2) is 38.2. The quantitative estimate of drug-likeness (QED) is 0.0273. The molecule has 0 aliphatic heterocycles. The van der Waals surface area contributed by atoms with E-state index in [2.05, 4.69) is 41.7 Å². The zero-order valence-corrected chi connectivity index (χ0v) is 54.0. The molecule has 4 heterocycles. The van der Waals surface area contributed by atoms with Gasteiger partial charge in [0.1, 0.15) is 39.7 Å². The molecule has 0 aliphatic carbocycles. The summed E-state index contributed by atoms with van der Waals surface area (Å²) in [7, 11) is 0. The van der Waals surface area contributed by atoms with E-state index in [9.17, 15) is 45.9 Å². The number of aromatic nitrogens is 8. The number of nitrogens with two attached hydrogens (primary N) is 1. The lowest BCUT2D eigenvalue weighted by Crippen LogP contribution is -2.14. The number of halogens is 6. The minimum atomic E-state index is -1.02. The van der Waals surface area contributed by atoms with E-state index in [1.807, 2.05) is 55.4 Å². The number of anilines is 4. The summed E-state index contributed by atoms with van der Waals surface area (Å²) in [4.78, 5) is 60.7. The Hall–Kier alpha value is -9.79. The number of carbonyl (C=O) groups excluding carboxylic acids is 5. The van der Waals surface area contributed by atoms with Crippen molar-refractivity contribution < 1.29 is 64.9 Å². The fourth-order valence-corrected chi connectivity index (χ4v) is 8.26. The number of hydrogen-bond donors (Lipinski definition) is 5. The van der Waals surface area contributed by atoms with Gasteiger partial charge in [-0.2, -0.15) is 0 Å². The molecule has 0 aliphatic rings. The van der Waals surface area contributed by atoms with Crippen LogP contribution >= 0.6 is 11.6 Å². The van der Waals surface area contributed by atoms with Crippen molar-refractivity contribution in [3.63, 3.8) is 0 Å². The van der Waals surface area contributed by atoms with Gasteiger partial charge in [0.25, 0.3) is 23.6 Å². The maximum atomic E-state index is 13.6. The Labute approximate surface area is 541 Å². The van der Waals surface area contributed by atoms with Gasteiger partial charge in [0.2, 0.25) is 29.4 Å². The molecule has 0 saturated heterocycles. The Morgan fingerprint density at radius 1 is 0.409 bits per heavy atom. The van der Waals surface area contributed by atoms with Crippen LogP contribution in [0, 0.1) is 29.1 Å². The summed E-state index contributed by atoms with van der Waals surface area (Å²) in [6.07, 6.45) is 13.2. The molecule has 22 nitrogen and oxygen atoms in total. The van der Waals surface area contributed by atoms with Crippen molar-refractivity contribution in [2.24, 2.45) is 5.73 Å². The monoisotopic (exact) mass is 1320 g/mol. The minimum Gasteiger partial charge on any atom is -0.476 e. The Balaban J connectivity index is 0.000000225. The van der Waals surface area contributed by atoms with E-state index < -0.39 is 46.8 Å². The number of rotatable bonds is 29. The van der Waals surface area contributed by atoms with Gasteiger partial charge in [0.15, 0.2) is 11.6 Å². The molecule has 8 rings (SSSR count). The number of primary amides is 1. The number of amides is 5. The van der Waals surface area contributed by atoms with Crippen molar-refractivity contribution in [1.29, 1.82) is 0 Å². The van der Waals surface area contributed by atoms with E-state index in [1.54, 1.807) is 67.8 Å². The second-order valence-corrected chi connectivity index (χ2v) is 20.9. The predicted molar refractivity (Wildman–Crippen MR) is 344 cm³/mol. The number of aryl methyl sites for hydroxylation is 4. The van der Waals surface area contributed by atoms with Gasteiger partial charge in [0.05, 0.1) is 37.1 Å². The van der Waals surface area contributed by atoms with Crippen molar-refractivity contribution in [2.75, 3.05) is 47.7 Å². The normalized spacial score (nSPS) is 10.6. The van der Waals surface area contributed by atoms with Gasteiger partial charge >= 0.3 is 0 Å². The molecule has 0 saturated carbocycles. The SMILES string of the molecule is CCCOc1nn(CCC)cc1C(=O)Nc1cc(F)ccc1F.CCCOc1nn(CCC)cc1C(=O)Nc1ccc(C(N)=O)cc1.CCCOc1nn(CCC)cc1C(=O)Nc1ccc(F)c(Cl)c1.CCCOc1nn(CCC)cc1C(=O)Nc1ccc(F)c(F)c1. The number of nitrogens with zero attached hydrogens (tertiary/aromatic N) is 8. The van der Waals surface area contributed by atoms with Crippen LogP contribution in [-0.4, -0.2) is 95.1 Å². The van der Waals surface area contributed by atoms with Crippen LogP contribution in [0.25, 0.3) is 0 Å². The van der Waals surface area contributed by atoms with Crippen LogP contribution in [0.5, 0.6) is 23.5 Å². The van der Waals surface area contributed by atoms with Crippen molar-refractivity contribution >= 4 is 63.9 Å². The number of hydrogen-bond acceptors (Lipinski definition) is 13. The average molecular weight is 1320 g/mol. The van der Waals surface area contributed by atoms with Crippen LogP contribution in [-0.2, 0) is 26.2 Å². The first-order valence-electron chi connectivity index (χ1n) is 30.5. The molecule has 0 spiro atoms. The zero-order valence-electron chi connectivity index (χ0n) is 53.2. The van der Waals surface area contributed by atoms with Crippen LogP contribution in [0.1, 0.15) is 159 Å². The summed E-state index contributed by atoms with van der Waals surface area (Å²) in [5.41, 5.74) is 7.68. The van der Waals surface area contributed by atoms with E-state index in [1.165, 1.54) is 24.3 Å². The first-order chi connectivity index (χ1) is 44.7. The van der Waals surface area contributed by atoms with Crippen molar-refractivity contribution in [2.45, 2.75) is 133 Å². The highest BCUT2D eigenvalue weighted by Crippen LogP contribution is 2.26. The van der Waals surface area contributed by atoms with Gasteiger partial charge in [-0.25, -0.2) is 22.0 Å². The first kappa shape index (κ1) is 73.9. The third kappa shape index (κ3) is 23.1. The molecule has 5 amide bonds. The van der Waals surface area contributed by atoms with Crippen molar-refractivity contribution in [3.8, 4) is 23.5 Å². The van der Waals surface area contributed by atoms with E-state index in [0.29, 0.717) is 92.4 Å². The van der Waals surface area contributed by atoms with E-state index in [0.717, 1.165) is 81.7 Å². The van der Waals surface area contributed by atoms with E-state index >= 15 is 0 Å². The molecular formula is C65H79ClF5N13O9. The second-order valence-electron chi connectivity index (χ2n) is 20.5. The van der Waals surface area contributed by atoms with E-state index in [4.69, 9.17) is 36.3 Å². The summed E-state index contributed by atoms with van der Waals surface area (Å²) in [5.74, 6) is -5.09. The summed E-state index contributed by atoms with van der Waals surface area (Å²) in [6.45, 7) is 20.4. The van der Waals surface area contributed by atoms with Gasteiger partial charge in [0, 0.05) is 85.7 Å². The highest BCUT2D eigenvalue weighted by atomic mass is 35.5. The Bertz CT molecular complexity index is 3610. The average Bonchev–Trinajstić information content (AvgIpc) is 2.21. The highest BCUT2D eigenvalue weighted by molar-refractivity contribution is 6.31. The third-order valence-corrected chi connectivity index (χ3v) is 12.7. The molecular weight excluding hydrogens is 1240 g/mol. The molecule has 0 unspecified atom stereocenters. The molecule has 0 bridgehead atoms. The summed E-state index contributed by atoms with van der Waals surface area (Å²) in [6, 6.07) is 16.4. The Morgan fingerprint density at radius 3 is 1.09 bits per heavy atom. The lowest BCUT2D eigenvalue weighted by molar-refractivity contribution is 0.0994. The van der Waals surface area contributed by atoms with Crippen LogP contribution in [0.15, 0.2) is 104 Å². The molecule has 4 aromatic carbocycles. The molecule has 6 N–H and O–H groups in total. The lowest BCUT2D eigenvalue weighted by Gasteiger charge is -2.07. The number of ether oxygens (including phenoxy) is 4. The van der Waals surface area contributed by atoms with Crippen LogP contribution in [0.3, 0.4) is 0 Å². The maximum Gasteiger partial charge on any atom is 0.262 e. The molecule has 0 fully saturated rings. The Morgan fingerprint density at radius 2 is 0.742 bits per heavy atom. The largest absolute Gasteiger partial charge is 0.476 e. The molecule has 93 heavy (non-hydrogen) atoms. The minimum absolute atomic E-state index is 0.0491. The van der Waals surface area contributed by atoms with Crippen LogP contribution < -0.4 is 45.9 Å². The summed E-state index contributed by atoms with van der Waals surface area (Å²) >= 11 is 5.72. The standard InChI is InChI=1S/C17H22N4O3.C16H19ClFN3O2.2C16H19F2N3O2/c1-3-9-21-11-14(17(20-21)24-10-4-2)16(23)19-13-7-5-12(6-8-13)15(18)22;1-3-7-21-10-12(16(20-21)23-8-4-2)15(22)19-11-5-6-14(18)13(17)9-11;1-3-7-21-10-12(16(20-21)23-8-4-2)15(22)19-11-5-6-13(17)14(18)9-11;1-3-7-21-10-12(16(20-21)23-8-4-2)15(22)19-14-9-11(17)5-6-13(14)18/h5-8,11H,3-4,9-10H2,1-2H3,(H2,18,22)(H,19,23);3*5-6,9-10H,3-4,7-8H2,1-2H3,(H,19,22). The smallest absolute Gasteiger partial charge is 0.262 e. The number of nitrogens with one attached hydrogen (secondary N) is 4. The van der Waals surface area contributed by atoms with Gasteiger partial charge in [-0.15, -0.1) is 20.4 Å². The van der Waals surface area contributed by atoms with Crippen LogP contribution in [0.2, 0.25) is 5.02 Å². The topological polar surface area (TPSA) is 268 Å². The Kier molecular flexibility index (Phi) is 30.3. The van der Waals surface area contributed by atoms with Crippen molar-refractivity contribution in [1.82, 2.24) is 39.1 Å². The third-order valence-electron chi connectivity index (χ3n) is 12.4. The van der Waals surface area contributed by atoms with E-state index in [-0.39, 0.29) is 51.1 Å².